The number of aryl methyl sites for hydroxylation is 1. The molecule has 8 heteroatoms. The minimum absolute atomic E-state index is 0.309. The third-order valence-electron chi connectivity index (χ3n) is 4.03. The van der Waals surface area contributed by atoms with Gasteiger partial charge in [-0.15, -0.1) is 11.3 Å². The number of esters is 2. The van der Waals surface area contributed by atoms with Gasteiger partial charge in [0.05, 0.1) is 12.7 Å². The summed E-state index contributed by atoms with van der Waals surface area (Å²) < 4.78 is 15.4. The SMILES string of the molecule is CC[C@@H](Oc1ccccc1)C(=O)OCC(=O)Nc1sc(C)c(C)c1C(=O)OC. The van der Waals surface area contributed by atoms with Crippen LogP contribution in [0.4, 0.5) is 5.00 Å². The Hall–Kier alpha value is -2.87. The van der Waals surface area contributed by atoms with Crippen LogP contribution in [0.5, 0.6) is 5.75 Å². The lowest BCUT2D eigenvalue weighted by Gasteiger charge is -2.16. The van der Waals surface area contributed by atoms with E-state index < -0.39 is 30.6 Å². The second kappa shape index (κ2) is 9.89. The van der Waals surface area contributed by atoms with Crippen molar-refractivity contribution in [3.05, 3.63) is 46.3 Å². The fraction of sp³-hybridized carbons (Fsp3) is 0.350. The Labute approximate surface area is 167 Å². The van der Waals surface area contributed by atoms with Gasteiger partial charge >= 0.3 is 11.9 Å². The number of rotatable bonds is 8. The molecule has 1 heterocycles. The minimum Gasteiger partial charge on any atom is -0.479 e. The van der Waals surface area contributed by atoms with Crippen LogP contribution in [0.15, 0.2) is 30.3 Å². The molecule has 1 amide bonds. The highest BCUT2D eigenvalue weighted by molar-refractivity contribution is 7.16. The Morgan fingerprint density at radius 2 is 1.82 bits per heavy atom. The molecular weight excluding hydrogens is 382 g/mol. The maximum absolute atomic E-state index is 12.2. The zero-order chi connectivity index (χ0) is 20.7. The molecule has 0 saturated carbocycles. The lowest BCUT2D eigenvalue weighted by atomic mass is 10.1. The monoisotopic (exact) mass is 405 g/mol. The molecule has 1 aromatic heterocycles. The maximum atomic E-state index is 12.2. The molecule has 0 aliphatic rings. The van der Waals surface area contributed by atoms with Crippen molar-refractivity contribution in [1.82, 2.24) is 0 Å². The van der Waals surface area contributed by atoms with Crippen molar-refractivity contribution in [1.29, 1.82) is 0 Å². The van der Waals surface area contributed by atoms with Gasteiger partial charge in [0.25, 0.3) is 5.91 Å². The van der Waals surface area contributed by atoms with Gasteiger partial charge in [-0.2, -0.15) is 0 Å². The summed E-state index contributed by atoms with van der Waals surface area (Å²) in [6.07, 6.45) is -0.419. The van der Waals surface area contributed by atoms with E-state index >= 15 is 0 Å². The summed E-state index contributed by atoms with van der Waals surface area (Å²) in [4.78, 5) is 37.2. The normalized spacial score (nSPS) is 11.4. The standard InChI is InChI=1S/C20H23NO6S/c1-5-15(27-14-9-7-6-8-10-14)19(23)26-11-16(22)21-18-17(20(24)25-4)12(2)13(3)28-18/h6-10,15H,5,11H2,1-4H3,(H,21,22)/t15-/m1/s1. The highest BCUT2D eigenvalue weighted by Gasteiger charge is 2.24. The Morgan fingerprint density at radius 1 is 1.14 bits per heavy atom. The van der Waals surface area contributed by atoms with Gasteiger partial charge in [0, 0.05) is 4.88 Å². The second-order valence-electron chi connectivity index (χ2n) is 5.96. The third kappa shape index (κ3) is 5.32. The number of para-hydroxylation sites is 1. The number of methoxy groups -OCH3 is 1. The van der Waals surface area contributed by atoms with Crippen LogP contribution in [-0.2, 0) is 19.1 Å². The summed E-state index contributed by atoms with van der Waals surface area (Å²) >= 11 is 1.26. The number of carbonyl (C=O) groups excluding carboxylic acids is 3. The summed E-state index contributed by atoms with van der Waals surface area (Å²) in [7, 11) is 1.28. The number of anilines is 1. The summed E-state index contributed by atoms with van der Waals surface area (Å²) in [6, 6.07) is 8.90. The van der Waals surface area contributed by atoms with Crippen molar-refractivity contribution in [3.63, 3.8) is 0 Å². The first kappa shape index (κ1) is 21.4. The molecule has 0 unspecified atom stereocenters. The zero-order valence-electron chi connectivity index (χ0n) is 16.2. The molecule has 0 aliphatic carbocycles. The summed E-state index contributed by atoms with van der Waals surface area (Å²) in [6.45, 7) is 4.92. The molecule has 0 bridgehead atoms. The van der Waals surface area contributed by atoms with Crippen molar-refractivity contribution >= 4 is 34.2 Å². The first-order chi connectivity index (χ1) is 13.4. The van der Waals surface area contributed by atoms with Crippen molar-refractivity contribution in [2.45, 2.75) is 33.3 Å². The van der Waals surface area contributed by atoms with Crippen molar-refractivity contribution in [2.24, 2.45) is 0 Å². The Bertz CT molecular complexity index is 846. The number of hydrogen-bond donors (Lipinski definition) is 1. The van der Waals surface area contributed by atoms with E-state index in [1.54, 1.807) is 38.1 Å². The zero-order valence-corrected chi connectivity index (χ0v) is 17.1. The summed E-state index contributed by atoms with van der Waals surface area (Å²) in [5.74, 6) is -1.16. The molecule has 0 radical (unpaired) electrons. The van der Waals surface area contributed by atoms with Gasteiger partial charge in [-0.05, 0) is 38.0 Å². The average Bonchev–Trinajstić information content (AvgIpc) is 2.97. The second-order valence-corrected chi connectivity index (χ2v) is 7.19. The van der Waals surface area contributed by atoms with Gasteiger partial charge in [-0.25, -0.2) is 9.59 Å². The maximum Gasteiger partial charge on any atom is 0.347 e. The molecule has 28 heavy (non-hydrogen) atoms. The third-order valence-corrected chi connectivity index (χ3v) is 5.15. The molecule has 1 N–H and O–H groups in total. The molecule has 0 saturated heterocycles. The van der Waals surface area contributed by atoms with E-state index in [2.05, 4.69) is 5.32 Å². The van der Waals surface area contributed by atoms with Gasteiger partial charge in [-0.1, -0.05) is 25.1 Å². The van der Waals surface area contributed by atoms with E-state index in [4.69, 9.17) is 14.2 Å². The number of ether oxygens (including phenoxy) is 3. The lowest BCUT2D eigenvalue weighted by molar-refractivity contribution is -0.154. The first-order valence-electron chi connectivity index (χ1n) is 8.73. The number of amides is 1. The largest absolute Gasteiger partial charge is 0.479 e. The predicted molar refractivity (Wildman–Crippen MR) is 106 cm³/mol. The number of hydrogen-bond acceptors (Lipinski definition) is 7. The van der Waals surface area contributed by atoms with E-state index in [9.17, 15) is 14.4 Å². The molecule has 1 atom stereocenters. The average molecular weight is 405 g/mol. The Balaban J connectivity index is 1.95. The number of benzene rings is 1. The lowest BCUT2D eigenvalue weighted by Crippen LogP contribution is -2.31. The van der Waals surface area contributed by atoms with E-state index in [-0.39, 0.29) is 0 Å². The molecule has 1 aromatic carbocycles. The topological polar surface area (TPSA) is 90.9 Å². The fourth-order valence-electron chi connectivity index (χ4n) is 2.42. The van der Waals surface area contributed by atoms with Crippen LogP contribution in [-0.4, -0.2) is 37.7 Å². The van der Waals surface area contributed by atoms with Crippen LogP contribution in [0.3, 0.4) is 0 Å². The van der Waals surface area contributed by atoms with Crippen molar-refractivity contribution in [2.75, 3.05) is 19.0 Å². The van der Waals surface area contributed by atoms with Crippen LogP contribution in [0, 0.1) is 13.8 Å². The van der Waals surface area contributed by atoms with Gasteiger partial charge in [0.1, 0.15) is 10.8 Å². The van der Waals surface area contributed by atoms with Gasteiger partial charge in [0.2, 0.25) is 0 Å². The van der Waals surface area contributed by atoms with Crippen molar-refractivity contribution in [3.8, 4) is 5.75 Å². The molecular formula is C20H23NO6S. The van der Waals surface area contributed by atoms with Gasteiger partial charge in [0.15, 0.2) is 12.7 Å². The highest BCUT2D eigenvalue weighted by atomic mass is 32.1. The van der Waals surface area contributed by atoms with Crippen LogP contribution in [0.1, 0.15) is 34.1 Å². The molecule has 7 nitrogen and oxygen atoms in total. The molecule has 2 aromatic rings. The molecule has 0 aliphatic heterocycles. The van der Waals surface area contributed by atoms with E-state index in [1.165, 1.54) is 18.4 Å². The molecule has 0 fully saturated rings. The smallest absolute Gasteiger partial charge is 0.347 e. The molecule has 0 spiro atoms. The molecule has 150 valence electrons. The fourth-order valence-corrected chi connectivity index (χ4v) is 3.48. The van der Waals surface area contributed by atoms with Crippen molar-refractivity contribution < 1.29 is 28.6 Å². The Morgan fingerprint density at radius 3 is 2.43 bits per heavy atom. The summed E-state index contributed by atoms with van der Waals surface area (Å²) in [5, 5.41) is 2.98. The van der Waals surface area contributed by atoms with E-state index in [0.717, 1.165) is 10.4 Å². The first-order valence-corrected chi connectivity index (χ1v) is 9.55. The van der Waals surface area contributed by atoms with E-state index in [0.29, 0.717) is 22.7 Å². The number of carbonyl (C=O) groups is 3. The minimum atomic E-state index is -0.813. The van der Waals surface area contributed by atoms with Gasteiger partial charge < -0.3 is 19.5 Å². The quantitative estimate of drug-likeness (QED) is 0.676. The molecule has 2 rings (SSSR count). The van der Waals surface area contributed by atoms with Crippen LogP contribution in [0.2, 0.25) is 0 Å². The van der Waals surface area contributed by atoms with Crippen LogP contribution in [0.25, 0.3) is 0 Å². The summed E-state index contributed by atoms with van der Waals surface area (Å²) in [5.41, 5.74) is 1.05. The predicted octanol–water partition coefficient (Wildman–Crippen LogP) is 3.49. The number of nitrogens with one attached hydrogen (secondary N) is 1. The van der Waals surface area contributed by atoms with Crippen LogP contribution >= 0.6 is 11.3 Å². The van der Waals surface area contributed by atoms with Gasteiger partial charge in [-0.3, -0.25) is 4.79 Å². The number of thiophene rings is 1. The van der Waals surface area contributed by atoms with Crippen LogP contribution < -0.4 is 10.1 Å². The Kier molecular flexibility index (Phi) is 7.57. The van der Waals surface area contributed by atoms with E-state index in [1.807, 2.05) is 13.0 Å². The highest BCUT2D eigenvalue weighted by Crippen LogP contribution is 2.32.